The number of carbonyl (C=O) groups is 1. The second-order valence-electron chi connectivity index (χ2n) is 3.75. The van der Waals surface area contributed by atoms with Gasteiger partial charge in [-0.25, -0.2) is 26.3 Å². The summed E-state index contributed by atoms with van der Waals surface area (Å²) in [6.07, 6.45) is -5.71. The fourth-order valence-corrected chi connectivity index (χ4v) is 1.85. The predicted molar refractivity (Wildman–Crippen MR) is 57.8 cm³/mol. The summed E-state index contributed by atoms with van der Waals surface area (Å²) in [6.45, 7) is -0.764. The molecule has 0 bridgehead atoms. The van der Waals surface area contributed by atoms with Gasteiger partial charge in [0.25, 0.3) is 5.92 Å². The van der Waals surface area contributed by atoms with E-state index in [4.69, 9.17) is 0 Å². The summed E-state index contributed by atoms with van der Waals surface area (Å²) in [5.74, 6) is -8.36. The molecule has 0 aromatic carbocycles. The zero-order chi connectivity index (χ0) is 14.4. The normalized spacial score (nSPS) is 14.6. The lowest BCUT2D eigenvalue weighted by Crippen LogP contribution is -2.37. The molecular weight excluding hydrogens is 282 g/mol. The Hall–Kier alpha value is -0.400. The van der Waals surface area contributed by atoms with Crippen LogP contribution in [0.3, 0.4) is 0 Å². The van der Waals surface area contributed by atoms with E-state index >= 15 is 0 Å². The molecule has 0 aromatic rings. The lowest BCUT2D eigenvalue weighted by molar-refractivity contribution is -0.126. The van der Waals surface area contributed by atoms with Crippen LogP contribution >= 0.6 is 11.8 Å². The molecule has 0 aliphatic heterocycles. The first-order valence-electron chi connectivity index (χ1n) is 5.26. The lowest BCUT2D eigenvalue weighted by atomic mass is 10.1. The average Bonchev–Trinajstić information content (AvgIpc) is 2.27. The Morgan fingerprint density at radius 1 is 1.28 bits per heavy atom. The first-order chi connectivity index (χ1) is 8.14. The van der Waals surface area contributed by atoms with Gasteiger partial charge in [-0.2, -0.15) is 0 Å². The Labute approximate surface area is 105 Å². The van der Waals surface area contributed by atoms with E-state index in [-0.39, 0.29) is 17.3 Å². The molecule has 0 saturated heterocycles. The van der Waals surface area contributed by atoms with E-state index in [0.29, 0.717) is 11.8 Å². The topological polar surface area (TPSA) is 17.1 Å². The SMILES string of the molecule is CCC(=O)SCCC(F)(F)CC(F)C(F)(F)CF. The molecule has 0 saturated carbocycles. The van der Waals surface area contributed by atoms with E-state index in [2.05, 4.69) is 0 Å². The zero-order valence-corrected chi connectivity index (χ0v) is 10.5. The summed E-state index contributed by atoms with van der Waals surface area (Å²) >= 11 is 0.641. The molecule has 0 aliphatic carbocycles. The van der Waals surface area contributed by atoms with Crippen molar-refractivity contribution >= 4 is 16.9 Å². The van der Waals surface area contributed by atoms with E-state index in [0.717, 1.165) is 0 Å². The molecule has 108 valence electrons. The van der Waals surface area contributed by atoms with Crippen LogP contribution in [0.1, 0.15) is 26.2 Å². The number of hydrogen-bond donors (Lipinski definition) is 0. The molecule has 1 unspecified atom stereocenters. The van der Waals surface area contributed by atoms with Crippen LogP contribution in [0.2, 0.25) is 0 Å². The molecule has 1 nitrogen and oxygen atoms in total. The maximum absolute atomic E-state index is 13.1. The highest BCUT2D eigenvalue weighted by molar-refractivity contribution is 8.13. The largest absolute Gasteiger partial charge is 0.306 e. The van der Waals surface area contributed by atoms with E-state index < -0.39 is 37.5 Å². The van der Waals surface area contributed by atoms with Crippen molar-refractivity contribution in [2.24, 2.45) is 0 Å². The Bertz CT molecular complexity index is 271. The van der Waals surface area contributed by atoms with E-state index in [1.807, 2.05) is 0 Å². The van der Waals surface area contributed by atoms with Crippen molar-refractivity contribution in [1.29, 1.82) is 0 Å². The van der Waals surface area contributed by atoms with Crippen LogP contribution in [0.5, 0.6) is 0 Å². The Balaban J connectivity index is 4.18. The van der Waals surface area contributed by atoms with Crippen molar-refractivity contribution in [2.75, 3.05) is 12.4 Å². The van der Waals surface area contributed by atoms with Crippen molar-refractivity contribution in [2.45, 2.75) is 44.2 Å². The van der Waals surface area contributed by atoms with Gasteiger partial charge in [0.2, 0.25) is 0 Å². The van der Waals surface area contributed by atoms with Gasteiger partial charge in [0.15, 0.2) is 18.0 Å². The molecule has 0 spiro atoms. The summed E-state index contributed by atoms with van der Waals surface area (Å²) in [5, 5.41) is -0.309. The molecule has 0 aliphatic rings. The van der Waals surface area contributed by atoms with Gasteiger partial charge in [-0.3, -0.25) is 4.79 Å². The van der Waals surface area contributed by atoms with Gasteiger partial charge in [0.05, 0.1) is 0 Å². The molecule has 8 heteroatoms. The molecule has 0 fully saturated rings. The van der Waals surface area contributed by atoms with Crippen LogP contribution in [0.4, 0.5) is 26.3 Å². The maximum Gasteiger partial charge on any atom is 0.306 e. The summed E-state index contributed by atoms with van der Waals surface area (Å²) in [6, 6.07) is 0. The van der Waals surface area contributed by atoms with Crippen LogP contribution in [-0.4, -0.2) is 35.6 Å². The van der Waals surface area contributed by atoms with E-state index in [1.54, 1.807) is 6.92 Å². The highest BCUT2D eigenvalue weighted by atomic mass is 32.2. The summed E-state index contributed by atoms with van der Waals surface area (Å²) in [5.41, 5.74) is 0. The van der Waals surface area contributed by atoms with Crippen LogP contribution in [0, 0.1) is 0 Å². The third-order valence-corrected chi connectivity index (χ3v) is 3.15. The molecular formula is C10H14F6OS. The fourth-order valence-electron chi connectivity index (χ4n) is 1.01. The lowest BCUT2D eigenvalue weighted by Gasteiger charge is -2.22. The first-order valence-corrected chi connectivity index (χ1v) is 6.24. The Kier molecular flexibility index (Phi) is 7.09. The fraction of sp³-hybridized carbons (Fsp3) is 0.900. The van der Waals surface area contributed by atoms with Crippen molar-refractivity contribution in [3.8, 4) is 0 Å². The van der Waals surface area contributed by atoms with Gasteiger partial charge in [-0.1, -0.05) is 18.7 Å². The average molecular weight is 296 g/mol. The summed E-state index contributed by atoms with van der Waals surface area (Å²) in [7, 11) is 0. The van der Waals surface area contributed by atoms with Crippen molar-refractivity contribution < 1.29 is 31.1 Å². The van der Waals surface area contributed by atoms with Gasteiger partial charge in [0.1, 0.15) is 0 Å². The minimum atomic E-state index is -4.39. The third-order valence-electron chi connectivity index (χ3n) is 2.13. The Morgan fingerprint density at radius 3 is 2.28 bits per heavy atom. The van der Waals surface area contributed by atoms with Crippen LogP contribution < -0.4 is 0 Å². The Morgan fingerprint density at radius 2 is 1.83 bits per heavy atom. The van der Waals surface area contributed by atoms with Gasteiger partial charge in [0, 0.05) is 25.0 Å². The monoisotopic (exact) mass is 296 g/mol. The van der Waals surface area contributed by atoms with Crippen LogP contribution in [0.25, 0.3) is 0 Å². The summed E-state index contributed by atoms with van der Waals surface area (Å²) < 4.78 is 75.5. The van der Waals surface area contributed by atoms with Crippen molar-refractivity contribution in [3.05, 3.63) is 0 Å². The summed E-state index contributed by atoms with van der Waals surface area (Å²) in [4.78, 5) is 10.8. The molecule has 1 atom stereocenters. The number of rotatable bonds is 8. The number of alkyl halides is 6. The first kappa shape index (κ1) is 17.6. The molecule has 0 heterocycles. The van der Waals surface area contributed by atoms with E-state index in [1.165, 1.54) is 0 Å². The third kappa shape index (κ3) is 6.51. The van der Waals surface area contributed by atoms with Crippen molar-refractivity contribution in [3.63, 3.8) is 0 Å². The van der Waals surface area contributed by atoms with Gasteiger partial charge in [-0.05, 0) is 0 Å². The number of halogens is 6. The highest BCUT2D eigenvalue weighted by Crippen LogP contribution is 2.34. The van der Waals surface area contributed by atoms with Crippen LogP contribution in [0.15, 0.2) is 0 Å². The second kappa shape index (κ2) is 7.25. The smallest absolute Gasteiger partial charge is 0.287 e. The number of hydrogen-bond acceptors (Lipinski definition) is 2. The van der Waals surface area contributed by atoms with Gasteiger partial charge in [-0.15, -0.1) is 0 Å². The molecule has 0 aromatic heterocycles. The zero-order valence-electron chi connectivity index (χ0n) is 9.70. The van der Waals surface area contributed by atoms with Gasteiger partial charge >= 0.3 is 5.92 Å². The van der Waals surface area contributed by atoms with E-state index in [9.17, 15) is 31.1 Å². The molecule has 0 rings (SSSR count). The number of carbonyl (C=O) groups excluding carboxylic acids is 1. The standard InChI is InChI=1S/C10H14F6OS/c1-2-8(17)18-4-3-9(13,14)5-7(12)10(15,16)6-11/h7H,2-6H2,1H3. The van der Waals surface area contributed by atoms with Crippen molar-refractivity contribution in [1.82, 2.24) is 0 Å². The minimum absolute atomic E-state index is 0.169. The maximum atomic E-state index is 13.1. The molecule has 0 N–H and O–H groups in total. The van der Waals surface area contributed by atoms with Gasteiger partial charge < -0.3 is 0 Å². The minimum Gasteiger partial charge on any atom is -0.287 e. The van der Waals surface area contributed by atoms with Crippen LogP contribution in [-0.2, 0) is 4.79 Å². The molecule has 0 radical (unpaired) electrons. The molecule has 18 heavy (non-hydrogen) atoms. The molecule has 0 amide bonds. The second-order valence-corrected chi connectivity index (χ2v) is 4.90. The highest BCUT2D eigenvalue weighted by Gasteiger charge is 2.46. The predicted octanol–water partition coefficient (Wildman–Crippen LogP) is 4.01. The number of thioether (sulfide) groups is 1. The quantitative estimate of drug-likeness (QED) is 0.629.